The normalized spacial score (nSPS) is 22.2. The van der Waals surface area contributed by atoms with Gasteiger partial charge in [-0.3, -0.25) is 9.59 Å². The van der Waals surface area contributed by atoms with Gasteiger partial charge in [0.15, 0.2) is 0 Å². The molecule has 31 heavy (non-hydrogen) atoms. The molecule has 0 bridgehead atoms. The summed E-state index contributed by atoms with van der Waals surface area (Å²) in [4.78, 5) is 29.0. The Morgan fingerprint density at radius 3 is 2.65 bits per heavy atom. The van der Waals surface area contributed by atoms with Crippen LogP contribution in [0.15, 0.2) is 52.3 Å². The van der Waals surface area contributed by atoms with E-state index in [2.05, 4.69) is 12.2 Å². The Labute approximate surface area is 187 Å². The molecule has 2 aromatic carbocycles. The number of ether oxygens (including phenoxy) is 1. The van der Waals surface area contributed by atoms with Gasteiger partial charge in [0.05, 0.1) is 17.7 Å². The van der Waals surface area contributed by atoms with E-state index in [-0.39, 0.29) is 17.9 Å². The molecule has 2 amide bonds. The molecule has 0 unspecified atom stereocenters. The van der Waals surface area contributed by atoms with Crippen molar-refractivity contribution in [3.05, 3.63) is 58.5 Å². The number of thioether (sulfide) groups is 1. The first-order valence-electron chi connectivity index (χ1n) is 10.7. The van der Waals surface area contributed by atoms with Gasteiger partial charge in [0.25, 0.3) is 11.8 Å². The van der Waals surface area contributed by atoms with Crippen LogP contribution in [-0.2, 0) is 4.79 Å². The second-order valence-corrected chi connectivity index (χ2v) is 9.41. The van der Waals surface area contributed by atoms with Gasteiger partial charge in [0.1, 0.15) is 5.75 Å². The first-order chi connectivity index (χ1) is 15.0. The Hall–Kier alpha value is -2.73. The third-order valence-corrected chi connectivity index (χ3v) is 7.17. The number of carbonyl (C=O) groups excluding carboxylic acids is 2. The zero-order valence-corrected chi connectivity index (χ0v) is 19.0. The predicted octanol–water partition coefficient (Wildman–Crippen LogP) is 5.11. The van der Waals surface area contributed by atoms with Gasteiger partial charge in [-0.15, -0.1) is 0 Å². The van der Waals surface area contributed by atoms with E-state index in [0.717, 1.165) is 53.5 Å². The molecule has 1 heterocycles. The quantitative estimate of drug-likeness (QED) is 0.677. The van der Waals surface area contributed by atoms with E-state index in [0.29, 0.717) is 10.5 Å². The van der Waals surface area contributed by atoms with Gasteiger partial charge in [-0.1, -0.05) is 36.9 Å². The Morgan fingerprint density at radius 2 is 1.90 bits per heavy atom. The fourth-order valence-electron chi connectivity index (χ4n) is 4.14. The molecule has 1 N–H and O–H groups in total. The van der Waals surface area contributed by atoms with Crippen LogP contribution in [0.2, 0.25) is 0 Å². The third kappa shape index (κ3) is 4.64. The number of nitrogens with zero attached hydrogens (tertiary/aromatic N) is 1. The minimum absolute atomic E-state index is 0.0661. The van der Waals surface area contributed by atoms with Crippen molar-refractivity contribution in [2.24, 2.45) is 5.92 Å². The molecule has 1 saturated carbocycles. The molecule has 162 valence electrons. The van der Waals surface area contributed by atoms with Gasteiger partial charge in [-0.2, -0.15) is 0 Å². The zero-order chi connectivity index (χ0) is 22.0. The second kappa shape index (κ2) is 9.18. The van der Waals surface area contributed by atoms with Crippen LogP contribution in [0.25, 0.3) is 6.08 Å². The highest BCUT2D eigenvalue weighted by atomic mass is 32.2. The van der Waals surface area contributed by atoms with Crippen molar-refractivity contribution in [1.29, 1.82) is 0 Å². The van der Waals surface area contributed by atoms with Crippen LogP contribution in [0, 0.1) is 5.92 Å². The molecular formula is C25H28N2O3S. The number of hydrogen-bond donors (Lipinski definition) is 1. The van der Waals surface area contributed by atoms with Gasteiger partial charge >= 0.3 is 0 Å². The van der Waals surface area contributed by atoms with Gasteiger partial charge in [-0.05, 0) is 61.9 Å². The lowest BCUT2D eigenvalue weighted by atomic mass is 9.87. The number of para-hydroxylation sites is 1. The number of likely N-dealkylation sites (N-methyl/N-ethyl adjacent to an activating group) is 1. The monoisotopic (exact) mass is 436 g/mol. The van der Waals surface area contributed by atoms with E-state index >= 15 is 0 Å². The van der Waals surface area contributed by atoms with Crippen molar-refractivity contribution >= 4 is 35.3 Å². The number of rotatable bonds is 4. The Balaban J connectivity index is 1.55. The standard InChI is InChI=1S/C25H28N2O3S/c1-16-8-11-19(12-9-16)26-24(28)18-10-13-22-20(14-18)27(2)25(29)23(31-22)15-17-6-4-5-7-21(17)30-3/h4-7,10,13-16,19H,8-9,11-12H2,1-3H3,(H,26,28)/b23-15+. The van der Waals surface area contributed by atoms with Gasteiger partial charge in [0.2, 0.25) is 0 Å². The summed E-state index contributed by atoms with van der Waals surface area (Å²) in [5.41, 5.74) is 2.21. The van der Waals surface area contributed by atoms with Crippen LogP contribution >= 0.6 is 11.8 Å². The SMILES string of the molecule is COc1ccccc1/C=C1/Sc2ccc(C(=O)NC3CCC(C)CC3)cc2N(C)C1=O. The lowest BCUT2D eigenvalue weighted by molar-refractivity contribution is -0.114. The summed E-state index contributed by atoms with van der Waals surface area (Å²) in [7, 11) is 3.37. The van der Waals surface area contributed by atoms with Crippen molar-refractivity contribution in [3.63, 3.8) is 0 Å². The molecule has 1 aliphatic carbocycles. The van der Waals surface area contributed by atoms with Crippen LogP contribution in [0.4, 0.5) is 5.69 Å². The zero-order valence-electron chi connectivity index (χ0n) is 18.2. The molecule has 4 rings (SSSR count). The van der Waals surface area contributed by atoms with Gasteiger partial charge in [-0.25, -0.2) is 0 Å². The summed E-state index contributed by atoms with van der Waals surface area (Å²) in [6.45, 7) is 2.27. The van der Waals surface area contributed by atoms with Crippen LogP contribution in [0.5, 0.6) is 5.75 Å². The van der Waals surface area contributed by atoms with E-state index < -0.39 is 0 Å². The molecule has 0 atom stereocenters. The number of benzene rings is 2. The number of fused-ring (bicyclic) bond motifs is 1. The molecule has 1 aliphatic heterocycles. The molecule has 0 radical (unpaired) electrons. The molecule has 0 aromatic heterocycles. The van der Waals surface area contributed by atoms with Crippen molar-refractivity contribution in [1.82, 2.24) is 5.32 Å². The number of anilines is 1. The van der Waals surface area contributed by atoms with E-state index in [1.807, 2.05) is 48.5 Å². The van der Waals surface area contributed by atoms with E-state index in [1.165, 1.54) is 11.8 Å². The van der Waals surface area contributed by atoms with Crippen LogP contribution < -0.4 is 15.0 Å². The maximum Gasteiger partial charge on any atom is 0.264 e. The number of nitrogens with one attached hydrogen (secondary N) is 1. The summed E-state index contributed by atoms with van der Waals surface area (Å²) in [6.07, 6.45) is 6.23. The number of amides is 2. The molecule has 6 heteroatoms. The summed E-state index contributed by atoms with van der Waals surface area (Å²) in [5, 5.41) is 3.17. The highest BCUT2D eigenvalue weighted by Crippen LogP contribution is 2.42. The maximum absolute atomic E-state index is 13.0. The molecule has 2 aromatic rings. The fraction of sp³-hybridized carbons (Fsp3) is 0.360. The maximum atomic E-state index is 13.0. The molecule has 2 aliphatic rings. The largest absolute Gasteiger partial charge is 0.496 e. The van der Waals surface area contributed by atoms with Crippen molar-refractivity contribution in [3.8, 4) is 5.75 Å². The third-order valence-electron chi connectivity index (χ3n) is 6.09. The average Bonchev–Trinajstić information content (AvgIpc) is 2.79. The fourth-order valence-corrected chi connectivity index (χ4v) is 5.22. The second-order valence-electron chi connectivity index (χ2n) is 8.33. The predicted molar refractivity (Wildman–Crippen MR) is 126 cm³/mol. The molecule has 0 saturated heterocycles. The summed E-state index contributed by atoms with van der Waals surface area (Å²) >= 11 is 1.42. The number of methoxy groups -OCH3 is 1. The lowest BCUT2D eigenvalue weighted by Crippen LogP contribution is -2.37. The first kappa shape index (κ1) is 21.5. The van der Waals surface area contributed by atoms with Gasteiger partial charge in [0, 0.05) is 29.1 Å². The average molecular weight is 437 g/mol. The molecule has 0 spiro atoms. The molecular weight excluding hydrogens is 408 g/mol. The van der Waals surface area contributed by atoms with Crippen LogP contribution in [-0.4, -0.2) is 32.0 Å². The molecule has 1 fully saturated rings. The molecule has 5 nitrogen and oxygen atoms in total. The van der Waals surface area contributed by atoms with E-state index in [9.17, 15) is 9.59 Å². The lowest BCUT2D eigenvalue weighted by Gasteiger charge is -2.28. The minimum Gasteiger partial charge on any atom is -0.496 e. The van der Waals surface area contributed by atoms with E-state index in [1.54, 1.807) is 19.1 Å². The van der Waals surface area contributed by atoms with Crippen molar-refractivity contribution in [2.45, 2.75) is 43.5 Å². The minimum atomic E-state index is -0.0952. The summed E-state index contributed by atoms with van der Waals surface area (Å²) in [5.74, 6) is 1.30. The Morgan fingerprint density at radius 1 is 1.16 bits per heavy atom. The highest BCUT2D eigenvalue weighted by Gasteiger charge is 2.28. The van der Waals surface area contributed by atoms with Crippen molar-refractivity contribution in [2.75, 3.05) is 19.1 Å². The van der Waals surface area contributed by atoms with Crippen LogP contribution in [0.3, 0.4) is 0 Å². The summed E-state index contributed by atoms with van der Waals surface area (Å²) < 4.78 is 5.41. The van der Waals surface area contributed by atoms with Crippen LogP contribution in [0.1, 0.15) is 48.5 Å². The van der Waals surface area contributed by atoms with Crippen molar-refractivity contribution < 1.29 is 14.3 Å². The number of carbonyl (C=O) groups is 2. The highest BCUT2D eigenvalue weighted by molar-refractivity contribution is 8.04. The van der Waals surface area contributed by atoms with Gasteiger partial charge < -0.3 is 15.0 Å². The smallest absolute Gasteiger partial charge is 0.264 e. The Kier molecular flexibility index (Phi) is 6.37. The topological polar surface area (TPSA) is 58.6 Å². The van der Waals surface area contributed by atoms with E-state index in [4.69, 9.17) is 4.74 Å². The first-order valence-corrected chi connectivity index (χ1v) is 11.5. The number of hydrogen-bond acceptors (Lipinski definition) is 4. The summed E-state index contributed by atoms with van der Waals surface area (Å²) in [6, 6.07) is 13.5. The Bertz CT molecular complexity index is 1030.